The molecule has 0 saturated heterocycles. The number of hydrogen-bond donors (Lipinski definition) is 1. The van der Waals surface area contributed by atoms with Crippen LogP contribution >= 0.6 is 0 Å². The molecule has 0 spiro atoms. The van der Waals surface area contributed by atoms with E-state index in [9.17, 15) is 13.6 Å². The molecule has 0 amide bonds. The van der Waals surface area contributed by atoms with E-state index in [-0.39, 0.29) is 0 Å². The Morgan fingerprint density at radius 2 is 1.83 bits per heavy atom. The molecule has 1 unspecified atom stereocenters. The number of alkyl halides is 2. The number of carbonyl (C=O) groups is 1. The molecule has 2 nitrogen and oxygen atoms in total. The summed E-state index contributed by atoms with van der Waals surface area (Å²) in [5, 5.41) is 8.36. The predicted molar refractivity (Wildman–Crippen MR) is 41.2 cm³/mol. The van der Waals surface area contributed by atoms with E-state index < -0.39 is 30.1 Å². The standard InChI is InChI=1S/C8H14F2O2/c1-8(2,3)5(7(9)10)4-6(11)12/h5,7H,4H2,1-3H3,(H,11,12). The average Bonchev–Trinajstić information content (AvgIpc) is 1.79. The molecule has 0 rings (SSSR count). The monoisotopic (exact) mass is 180 g/mol. The normalized spacial score (nSPS) is 14.8. The zero-order chi connectivity index (χ0) is 9.94. The maximum atomic E-state index is 12.3. The second kappa shape index (κ2) is 3.83. The quantitative estimate of drug-likeness (QED) is 0.724. The number of hydrogen-bond acceptors (Lipinski definition) is 1. The van der Waals surface area contributed by atoms with E-state index in [0.29, 0.717) is 0 Å². The molecule has 72 valence electrons. The predicted octanol–water partition coefficient (Wildman–Crippen LogP) is 2.39. The third-order valence-electron chi connectivity index (χ3n) is 1.81. The van der Waals surface area contributed by atoms with Crippen LogP contribution in [0.25, 0.3) is 0 Å². The van der Waals surface area contributed by atoms with E-state index in [1.165, 1.54) is 0 Å². The van der Waals surface area contributed by atoms with Crippen molar-refractivity contribution in [1.82, 2.24) is 0 Å². The molecular weight excluding hydrogens is 166 g/mol. The summed E-state index contributed by atoms with van der Waals surface area (Å²) < 4.78 is 24.6. The van der Waals surface area contributed by atoms with Crippen molar-refractivity contribution in [2.24, 2.45) is 11.3 Å². The lowest BCUT2D eigenvalue weighted by molar-refractivity contribution is -0.141. The van der Waals surface area contributed by atoms with Crippen molar-refractivity contribution in [2.45, 2.75) is 33.6 Å². The minimum absolute atomic E-state index is 0.471. The molecule has 4 heteroatoms. The summed E-state index contributed by atoms with van der Waals surface area (Å²) >= 11 is 0. The lowest BCUT2D eigenvalue weighted by Gasteiger charge is -2.28. The highest BCUT2D eigenvalue weighted by atomic mass is 19.3. The molecule has 0 aliphatic rings. The van der Waals surface area contributed by atoms with E-state index in [2.05, 4.69) is 0 Å². The SMILES string of the molecule is CC(C)(C)C(CC(=O)O)C(F)F. The van der Waals surface area contributed by atoms with Crippen molar-refractivity contribution in [3.8, 4) is 0 Å². The fourth-order valence-corrected chi connectivity index (χ4v) is 0.961. The van der Waals surface area contributed by atoms with Crippen molar-refractivity contribution in [3.63, 3.8) is 0 Å². The molecule has 0 radical (unpaired) electrons. The van der Waals surface area contributed by atoms with Crippen LogP contribution in [0.5, 0.6) is 0 Å². The van der Waals surface area contributed by atoms with Crippen LogP contribution in [0, 0.1) is 11.3 Å². The highest BCUT2D eigenvalue weighted by Crippen LogP contribution is 2.33. The van der Waals surface area contributed by atoms with Gasteiger partial charge >= 0.3 is 5.97 Å². The van der Waals surface area contributed by atoms with Crippen molar-refractivity contribution in [3.05, 3.63) is 0 Å². The molecule has 0 aliphatic carbocycles. The van der Waals surface area contributed by atoms with Crippen LogP contribution < -0.4 is 0 Å². The van der Waals surface area contributed by atoms with Crippen LogP contribution in [0.3, 0.4) is 0 Å². The maximum absolute atomic E-state index is 12.3. The van der Waals surface area contributed by atoms with Gasteiger partial charge in [-0.25, -0.2) is 8.78 Å². The van der Waals surface area contributed by atoms with Gasteiger partial charge in [0.25, 0.3) is 0 Å². The van der Waals surface area contributed by atoms with E-state index in [1.807, 2.05) is 0 Å². The molecule has 0 bridgehead atoms. The largest absolute Gasteiger partial charge is 0.481 e. The molecule has 0 saturated carbocycles. The van der Waals surface area contributed by atoms with Crippen LogP contribution in [-0.4, -0.2) is 17.5 Å². The first kappa shape index (κ1) is 11.3. The first-order valence-electron chi connectivity index (χ1n) is 3.75. The number of halogens is 2. The molecule has 0 aliphatic heterocycles. The van der Waals surface area contributed by atoms with Crippen molar-refractivity contribution in [2.75, 3.05) is 0 Å². The lowest BCUT2D eigenvalue weighted by Crippen LogP contribution is -2.29. The van der Waals surface area contributed by atoms with Gasteiger partial charge in [0.05, 0.1) is 6.42 Å². The Kier molecular flexibility index (Phi) is 3.61. The van der Waals surface area contributed by atoms with Gasteiger partial charge in [-0.2, -0.15) is 0 Å². The van der Waals surface area contributed by atoms with Gasteiger partial charge in [-0.15, -0.1) is 0 Å². The molecule has 12 heavy (non-hydrogen) atoms. The zero-order valence-corrected chi connectivity index (χ0v) is 7.47. The van der Waals surface area contributed by atoms with Crippen LogP contribution in [-0.2, 0) is 4.79 Å². The minimum Gasteiger partial charge on any atom is -0.481 e. The van der Waals surface area contributed by atoms with Gasteiger partial charge in [0, 0.05) is 5.92 Å². The maximum Gasteiger partial charge on any atom is 0.303 e. The smallest absolute Gasteiger partial charge is 0.303 e. The second-order valence-electron chi connectivity index (χ2n) is 3.90. The Hall–Kier alpha value is -0.670. The Balaban J connectivity index is 4.35. The highest BCUT2D eigenvalue weighted by Gasteiger charge is 2.34. The zero-order valence-electron chi connectivity index (χ0n) is 7.47. The molecule has 0 aromatic carbocycles. The molecular formula is C8H14F2O2. The fraction of sp³-hybridized carbons (Fsp3) is 0.875. The Bertz CT molecular complexity index is 161. The fourth-order valence-electron chi connectivity index (χ4n) is 0.961. The van der Waals surface area contributed by atoms with Crippen molar-refractivity contribution >= 4 is 5.97 Å². The summed E-state index contributed by atoms with van der Waals surface area (Å²) in [6.07, 6.45) is -3.04. The topological polar surface area (TPSA) is 37.3 Å². The molecule has 1 atom stereocenters. The first-order chi connectivity index (χ1) is 5.25. The van der Waals surface area contributed by atoms with Gasteiger partial charge in [-0.3, -0.25) is 4.79 Å². The minimum atomic E-state index is -2.57. The van der Waals surface area contributed by atoms with Crippen molar-refractivity contribution in [1.29, 1.82) is 0 Å². The van der Waals surface area contributed by atoms with Gasteiger partial charge < -0.3 is 5.11 Å². The van der Waals surface area contributed by atoms with Gasteiger partial charge in [0.1, 0.15) is 0 Å². The molecule has 0 aromatic heterocycles. The summed E-state index contributed by atoms with van der Waals surface area (Å²) in [7, 11) is 0. The van der Waals surface area contributed by atoms with Gasteiger partial charge in [-0.05, 0) is 5.41 Å². The molecule has 1 N–H and O–H groups in total. The number of carboxylic acids is 1. The number of rotatable bonds is 3. The van der Waals surface area contributed by atoms with E-state index in [4.69, 9.17) is 5.11 Å². The van der Waals surface area contributed by atoms with E-state index >= 15 is 0 Å². The lowest BCUT2D eigenvalue weighted by atomic mass is 9.79. The van der Waals surface area contributed by atoms with Crippen molar-refractivity contribution < 1.29 is 18.7 Å². The third kappa shape index (κ3) is 3.64. The number of carboxylic acid groups (broad SMARTS) is 1. The summed E-state index contributed by atoms with van der Waals surface area (Å²) in [5.74, 6) is -2.25. The Morgan fingerprint density at radius 1 is 1.42 bits per heavy atom. The van der Waals surface area contributed by atoms with Crippen LogP contribution in [0.4, 0.5) is 8.78 Å². The number of aliphatic carboxylic acids is 1. The van der Waals surface area contributed by atoms with E-state index in [0.717, 1.165) is 0 Å². The van der Waals surface area contributed by atoms with Gasteiger partial charge in [-0.1, -0.05) is 20.8 Å². The summed E-state index contributed by atoms with van der Waals surface area (Å²) in [6.45, 7) is 4.85. The summed E-state index contributed by atoms with van der Waals surface area (Å²) in [5.41, 5.74) is -0.660. The van der Waals surface area contributed by atoms with Gasteiger partial charge in [0.2, 0.25) is 6.43 Å². The molecule has 0 aromatic rings. The third-order valence-corrected chi connectivity index (χ3v) is 1.81. The van der Waals surface area contributed by atoms with Gasteiger partial charge in [0.15, 0.2) is 0 Å². The average molecular weight is 180 g/mol. The van der Waals surface area contributed by atoms with Crippen LogP contribution in [0.1, 0.15) is 27.2 Å². The highest BCUT2D eigenvalue weighted by molar-refractivity contribution is 5.67. The summed E-state index contributed by atoms with van der Waals surface area (Å²) in [6, 6.07) is 0. The van der Waals surface area contributed by atoms with E-state index in [1.54, 1.807) is 20.8 Å². The molecule has 0 heterocycles. The second-order valence-corrected chi connectivity index (χ2v) is 3.90. The Labute approximate surface area is 70.6 Å². The summed E-state index contributed by atoms with van der Waals surface area (Å²) in [4.78, 5) is 10.2. The Morgan fingerprint density at radius 3 is 1.92 bits per heavy atom. The first-order valence-corrected chi connectivity index (χ1v) is 3.75. The molecule has 0 fully saturated rings. The van der Waals surface area contributed by atoms with Crippen LogP contribution in [0.15, 0.2) is 0 Å². The van der Waals surface area contributed by atoms with Crippen LogP contribution in [0.2, 0.25) is 0 Å².